The topological polar surface area (TPSA) is 35.5 Å². The van der Waals surface area contributed by atoms with Crippen LogP contribution in [0.1, 0.15) is 66.2 Å². The maximum absolute atomic E-state index is 10.1. The van der Waals surface area contributed by atoms with E-state index in [1.54, 1.807) is 0 Å². The molecule has 0 aromatic heterocycles. The quantitative estimate of drug-likeness (QED) is 0.723. The van der Waals surface area contributed by atoms with Crippen LogP contribution in [0.3, 0.4) is 0 Å². The van der Waals surface area contributed by atoms with E-state index in [0.29, 0.717) is 17.4 Å². The Morgan fingerprint density at radius 1 is 1.19 bits per heavy atom. The van der Waals surface area contributed by atoms with E-state index in [4.69, 9.17) is 0 Å². The molecule has 3 heteroatoms. The molecule has 2 N–H and O–H groups in total. The number of hydrogen-bond donors (Lipinski definition) is 2. The maximum atomic E-state index is 10.1. The first-order valence-corrected chi connectivity index (χ1v) is 9.10. The lowest BCUT2D eigenvalue weighted by Crippen LogP contribution is -2.61. The number of nitrogens with one attached hydrogen (secondary N) is 1. The maximum Gasteiger partial charge on any atom is 0.0628 e. The summed E-state index contributed by atoms with van der Waals surface area (Å²) in [7, 11) is 0. The molecular weight excluding hydrogens is 260 g/mol. The summed E-state index contributed by atoms with van der Waals surface area (Å²) in [6, 6.07) is 0.438. The van der Waals surface area contributed by atoms with Crippen LogP contribution in [0.15, 0.2) is 0 Å². The molecular formula is C18H36N2O. The largest absolute Gasteiger partial charge is 0.394 e. The molecule has 1 aliphatic heterocycles. The highest BCUT2D eigenvalue weighted by atomic mass is 16.3. The van der Waals surface area contributed by atoms with Crippen LogP contribution in [0.5, 0.6) is 0 Å². The molecule has 124 valence electrons. The van der Waals surface area contributed by atoms with Crippen LogP contribution >= 0.6 is 0 Å². The van der Waals surface area contributed by atoms with E-state index in [2.05, 4.69) is 37.9 Å². The standard InChI is InChI=1S/C18H36N2O/c1-5-17(6-2)9-11-20(12-10-17)13-18(14-21,16-7-8-16)19-15(3)4/h15-16,19,21H,5-14H2,1-4H3. The van der Waals surface area contributed by atoms with Crippen LogP contribution in [-0.4, -0.2) is 47.8 Å². The predicted molar refractivity (Wildman–Crippen MR) is 89.5 cm³/mol. The third-order valence-corrected chi connectivity index (χ3v) is 6.14. The molecule has 1 aliphatic carbocycles. The van der Waals surface area contributed by atoms with E-state index in [-0.39, 0.29) is 12.1 Å². The Kier molecular flexibility index (Phi) is 5.72. The van der Waals surface area contributed by atoms with E-state index >= 15 is 0 Å². The second-order valence-electron chi connectivity index (χ2n) is 7.87. The Morgan fingerprint density at radius 2 is 1.76 bits per heavy atom. The number of aliphatic hydroxyl groups is 1. The van der Waals surface area contributed by atoms with Crippen molar-refractivity contribution in [3.05, 3.63) is 0 Å². The van der Waals surface area contributed by atoms with Crippen LogP contribution in [-0.2, 0) is 0 Å². The van der Waals surface area contributed by atoms with Gasteiger partial charge in [0.25, 0.3) is 0 Å². The van der Waals surface area contributed by atoms with Crippen molar-refractivity contribution in [2.45, 2.75) is 77.8 Å². The lowest BCUT2D eigenvalue weighted by atomic mass is 9.74. The van der Waals surface area contributed by atoms with Crippen molar-refractivity contribution in [1.82, 2.24) is 10.2 Å². The van der Waals surface area contributed by atoms with Crippen molar-refractivity contribution in [2.75, 3.05) is 26.2 Å². The Labute approximate surface area is 131 Å². The summed E-state index contributed by atoms with van der Waals surface area (Å²) in [5.74, 6) is 0.675. The molecule has 0 aromatic carbocycles. The fourth-order valence-corrected chi connectivity index (χ4v) is 4.27. The molecule has 0 aromatic rings. The van der Waals surface area contributed by atoms with Gasteiger partial charge in [-0.3, -0.25) is 0 Å². The fourth-order valence-electron chi connectivity index (χ4n) is 4.27. The molecule has 0 bridgehead atoms. The van der Waals surface area contributed by atoms with Crippen molar-refractivity contribution in [3.8, 4) is 0 Å². The van der Waals surface area contributed by atoms with Crippen LogP contribution in [0.4, 0.5) is 0 Å². The highest BCUT2D eigenvalue weighted by Gasteiger charge is 2.46. The van der Waals surface area contributed by atoms with Crippen molar-refractivity contribution in [2.24, 2.45) is 11.3 Å². The summed E-state index contributed by atoms with van der Waals surface area (Å²) >= 11 is 0. The average molecular weight is 296 g/mol. The molecule has 0 spiro atoms. The number of rotatable bonds is 8. The molecule has 1 atom stereocenters. The number of nitrogens with zero attached hydrogens (tertiary/aromatic N) is 1. The highest BCUT2D eigenvalue weighted by molar-refractivity contribution is 5.04. The summed E-state index contributed by atoms with van der Waals surface area (Å²) in [4.78, 5) is 2.60. The first kappa shape index (κ1) is 17.2. The van der Waals surface area contributed by atoms with Gasteiger partial charge < -0.3 is 15.3 Å². The fraction of sp³-hybridized carbons (Fsp3) is 1.00. The molecule has 2 rings (SSSR count). The molecule has 0 amide bonds. The second-order valence-corrected chi connectivity index (χ2v) is 7.87. The minimum atomic E-state index is -0.0629. The summed E-state index contributed by atoms with van der Waals surface area (Å²) in [6.45, 7) is 12.8. The predicted octanol–water partition coefficient (Wildman–Crippen LogP) is 3.03. The van der Waals surface area contributed by atoms with E-state index in [9.17, 15) is 5.11 Å². The first-order valence-electron chi connectivity index (χ1n) is 9.10. The highest BCUT2D eigenvalue weighted by Crippen LogP contribution is 2.42. The van der Waals surface area contributed by atoms with Gasteiger partial charge in [-0.25, -0.2) is 0 Å². The summed E-state index contributed by atoms with van der Waals surface area (Å²) in [5, 5.41) is 13.8. The minimum Gasteiger partial charge on any atom is -0.394 e. The van der Waals surface area contributed by atoms with Crippen molar-refractivity contribution in [3.63, 3.8) is 0 Å². The molecule has 2 fully saturated rings. The SMILES string of the molecule is CCC1(CC)CCN(CC(CO)(NC(C)C)C2CC2)CC1. The van der Waals surface area contributed by atoms with Crippen molar-refractivity contribution < 1.29 is 5.11 Å². The zero-order chi connectivity index (χ0) is 15.5. The molecule has 21 heavy (non-hydrogen) atoms. The molecule has 1 saturated carbocycles. The van der Waals surface area contributed by atoms with Gasteiger partial charge in [0.15, 0.2) is 0 Å². The van der Waals surface area contributed by atoms with Crippen LogP contribution in [0, 0.1) is 11.3 Å². The molecule has 1 heterocycles. The zero-order valence-corrected chi connectivity index (χ0v) is 14.6. The zero-order valence-electron chi connectivity index (χ0n) is 14.6. The molecule has 3 nitrogen and oxygen atoms in total. The van der Waals surface area contributed by atoms with Gasteiger partial charge in [0.1, 0.15) is 0 Å². The van der Waals surface area contributed by atoms with Gasteiger partial charge in [-0.15, -0.1) is 0 Å². The Morgan fingerprint density at radius 3 is 2.14 bits per heavy atom. The second kappa shape index (κ2) is 6.97. The van der Waals surface area contributed by atoms with Crippen LogP contribution in [0.2, 0.25) is 0 Å². The number of aliphatic hydroxyl groups excluding tert-OH is 1. The van der Waals surface area contributed by atoms with Gasteiger partial charge >= 0.3 is 0 Å². The van der Waals surface area contributed by atoms with Gasteiger partial charge in [0.05, 0.1) is 12.1 Å². The van der Waals surface area contributed by atoms with Gasteiger partial charge in [0, 0.05) is 12.6 Å². The molecule has 0 radical (unpaired) electrons. The molecule has 1 saturated heterocycles. The van der Waals surface area contributed by atoms with E-state index in [1.165, 1.54) is 51.6 Å². The van der Waals surface area contributed by atoms with Crippen molar-refractivity contribution >= 4 is 0 Å². The summed E-state index contributed by atoms with van der Waals surface area (Å²) in [5.41, 5.74) is 0.524. The van der Waals surface area contributed by atoms with E-state index in [0.717, 1.165) is 6.54 Å². The number of piperidine rings is 1. The van der Waals surface area contributed by atoms with Gasteiger partial charge in [-0.2, -0.15) is 0 Å². The monoisotopic (exact) mass is 296 g/mol. The van der Waals surface area contributed by atoms with Crippen LogP contribution < -0.4 is 5.32 Å². The number of hydrogen-bond acceptors (Lipinski definition) is 3. The molecule has 2 aliphatic rings. The van der Waals surface area contributed by atoms with Crippen molar-refractivity contribution in [1.29, 1.82) is 0 Å². The average Bonchev–Trinajstić information content (AvgIpc) is 3.32. The third kappa shape index (κ3) is 4.00. The normalized spacial score (nSPS) is 26.0. The smallest absolute Gasteiger partial charge is 0.0628 e. The summed E-state index contributed by atoms with van der Waals surface area (Å²) in [6.07, 6.45) is 7.84. The summed E-state index contributed by atoms with van der Waals surface area (Å²) < 4.78 is 0. The van der Waals surface area contributed by atoms with E-state index in [1.807, 2.05) is 0 Å². The van der Waals surface area contributed by atoms with Crippen LogP contribution in [0.25, 0.3) is 0 Å². The Hall–Kier alpha value is -0.120. The Bertz CT molecular complexity index is 313. The van der Waals surface area contributed by atoms with Gasteiger partial charge in [-0.05, 0) is 50.1 Å². The number of likely N-dealkylation sites (tertiary alicyclic amines) is 1. The minimum absolute atomic E-state index is 0.0629. The third-order valence-electron chi connectivity index (χ3n) is 6.14. The Balaban J connectivity index is 1.96. The van der Waals surface area contributed by atoms with Gasteiger partial charge in [0.2, 0.25) is 0 Å². The van der Waals surface area contributed by atoms with Gasteiger partial charge in [-0.1, -0.05) is 40.5 Å². The molecule has 1 unspecified atom stereocenters. The first-order chi connectivity index (χ1) is 9.99. The lowest BCUT2D eigenvalue weighted by molar-refractivity contribution is 0.0406. The lowest BCUT2D eigenvalue weighted by Gasteiger charge is -2.45. The van der Waals surface area contributed by atoms with E-state index < -0.39 is 0 Å².